The van der Waals surface area contributed by atoms with E-state index >= 15 is 0 Å². The van der Waals surface area contributed by atoms with E-state index in [1.54, 1.807) is 0 Å². The Labute approximate surface area is 196 Å². The van der Waals surface area contributed by atoms with Crippen LogP contribution in [0.3, 0.4) is 0 Å². The van der Waals surface area contributed by atoms with E-state index in [1.165, 1.54) is 0 Å². The number of rotatable bonds is 9. The van der Waals surface area contributed by atoms with Crippen LogP contribution >= 0.6 is 12.2 Å². The Morgan fingerprint density at radius 2 is 1.62 bits per heavy atom. The fourth-order valence-electron chi connectivity index (χ4n) is 3.22. The van der Waals surface area contributed by atoms with Crippen molar-refractivity contribution in [3.05, 3.63) is 66.2 Å². The minimum absolute atomic E-state index is 0.0875. The van der Waals surface area contributed by atoms with Crippen LogP contribution in [0.5, 0.6) is 0 Å². The summed E-state index contributed by atoms with van der Waals surface area (Å²) in [5.74, 6) is -0.389. The van der Waals surface area contributed by atoms with Crippen molar-refractivity contribution in [1.29, 1.82) is 0 Å². The first-order valence-electron chi connectivity index (χ1n) is 10.8. The number of anilines is 1. The fourth-order valence-corrected chi connectivity index (χ4v) is 3.38. The van der Waals surface area contributed by atoms with Crippen molar-refractivity contribution in [2.45, 2.75) is 52.3 Å². The molecule has 172 valence electrons. The third kappa shape index (κ3) is 7.05. The zero-order valence-electron chi connectivity index (χ0n) is 19.4. The molecule has 2 aromatic rings. The third-order valence-corrected chi connectivity index (χ3v) is 6.18. The average molecular weight is 456 g/mol. The van der Waals surface area contributed by atoms with Crippen molar-refractivity contribution in [1.82, 2.24) is 10.6 Å². The van der Waals surface area contributed by atoms with Crippen molar-refractivity contribution in [2.75, 3.05) is 11.9 Å². The topological polar surface area (TPSA) is 70.7 Å². The standard InChI is InChI=1S/C25H33N3O3S/c1-6-18(2)21(26-24(30)31-17-19-13-9-7-10-14-19)22(29)27-25(3,4)23(32)28(5)20-15-11-8-12-16-20/h7-16,18,21H,6,17H2,1-5H3,(H,26,30)(H,27,29)/t18?,21-/m0/s1. The zero-order valence-corrected chi connectivity index (χ0v) is 20.2. The number of amides is 2. The third-order valence-electron chi connectivity index (χ3n) is 5.40. The van der Waals surface area contributed by atoms with Gasteiger partial charge in [-0.15, -0.1) is 0 Å². The number of alkyl carbamates (subject to hydrolysis) is 1. The van der Waals surface area contributed by atoms with E-state index in [2.05, 4.69) is 10.6 Å². The summed E-state index contributed by atoms with van der Waals surface area (Å²) in [7, 11) is 1.87. The first-order valence-corrected chi connectivity index (χ1v) is 11.2. The van der Waals surface area contributed by atoms with Crippen molar-refractivity contribution in [3.8, 4) is 0 Å². The van der Waals surface area contributed by atoms with Crippen molar-refractivity contribution in [2.24, 2.45) is 5.92 Å². The number of ether oxygens (including phenoxy) is 1. The Hall–Kier alpha value is -2.93. The average Bonchev–Trinajstić information content (AvgIpc) is 2.80. The predicted molar refractivity (Wildman–Crippen MR) is 133 cm³/mol. The van der Waals surface area contributed by atoms with Crippen molar-refractivity contribution in [3.63, 3.8) is 0 Å². The lowest BCUT2D eigenvalue weighted by molar-refractivity contribution is -0.125. The normalized spacial score (nSPS) is 12.9. The number of para-hydroxylation sites is 1. The van der Waals surface area contributed by atoms with E-state index in [9.17, 15) is 9.59 Å². The molecule has 2 N–H and O–H groups in total. The molecule has 32 heavy (non-hydrogen) atoms. The number of carbonyl (C=O) groups is 2. The van der Waals surface area contributed by atoms with Crippen molar-refractivity contribution < 1.29 is 14.3 Å². The summed E-state index contributed by atoms with van der Waals surface area (Å²) in [6, 6.07) is 18.4. The highest BCUT2D eigenvalue weighted by atomic mass is 32.1. The molecule has 0 radical (unpaired) electrons. The smallest absolute Gasteiger partial charge is 0.408 e. The van der Waals surface area contributed by atoms with E-state index < -0.39 is 17.7 Å². The Morgan fingerprint density at radius 1 is 1.06 bits per heavy atom. The lowest BCUT2D eigenvalue weighted by Gasteiger charge is -2.35. The van der Waals surface area contributed by atoms with Gasteiger partial charge in [0.1, 0.15) is 17.6 Å². The summed E-state index contributed by atoms with van der Waals surface area (Å²) in [6.07, 6.45) is 0.0855. The maximum absolute atomic E-state index is 13.2. The van der Waals surface area contributed by atoms with Gasteiger partial charge in [0.2, 0.25) is 5.91 Å². The van der Waals surface area contributed by atoms with Crippen molar-refractivity contribution >= 4 is 34.9 Å². The maximum Gasteiger partial charge on any atom is 0.408 e. The summed E-state index contributed by atoms with van der Waals surface area (Å²) in [4.78, 5) is 28.0. The van der Waals surface area contributed by atoms with E-state index in [4.69, 9.17) is 17.0 Å². The second-order valence-electron chi connectivity index (χ2n) is 8.38. The van der Waals surface area contributed by atoms with Crippen LogP contribution in [-0.4, -0.2) is 35.6 Å². The summed E-state index contributed by atoms with van der Waals surface area (Å²) in [6.45, 7) is 7.74. The van der Waals surface area contributed by atoms with Crippen LogP contribution < -0.4 is 15.5 Å². The van der Waals surface area contributed by atoms with Gasteiger partial charge in [-0.05, 0) is 37.5 Å². The highest BCUT2D eigenvalue weighted by molar-refractivity contribution is 7.80. The molecular formula is C25H33N3O3S. The molecule has 0 aromatic heterocycles. The van der Waals surface area contributed by atoms with Crippen LogP contribution in [0.2, 0.25) is 0 Å². The van der Waals surface area contributed by atoms with Crippen LogP contribution in [0.15, 0.2) is 60.7 Å². The molecule has 0 aliphatic carbocycles. The Morgan fingerprint density at radius 3 is 2.19 bits per heavy atom. The van der Waals surface area contributed by atoms with Gasteiger partial charge in [0.15, 0.2) is 0 Å². The molecule has 1 unspecified atom stereocenters. The van der Waals surface area contributed by atoms with Crippen LogP contribution in [-0.2, 0) is 16.1 Å². The minimum atomic E-state index is -0.807. The second-order valence-corrected chi connectivity index (χ2v) is 8.77. The number of thiocarbonyl (C=S) groups is 1. The molecule has 2 atom stereocenters. The molecule has 2 rings (SSSR count). The van der Waals surface area contributed by atoms with Gasteiger partial charge in [0.25, 0.3) is 0 Å². The van der Waals surface area contributed by atoms with Gasteiger partial charge in [0, 0.05) is 12.7 Å². The molecule has 0 bridgehead atoms. The summed E-state index contributed by atoms with van der Waals surface area (Å²) in [5.41, 5.74) is 1.00. The zero-order chi connectivity index (χ0) is 23.7. The minimum Gasteiger partial charge on any atom is -0.445 e. The van der Waals surface area contributed by atoms with E-state index in [0.717, 1.165) is 11.3 Å². The number of nitrogens with one attached hydrogen (secondary N) is 2. The lowest BCUT2D eigenvalue weighted by Crippen LogP contribution is -2.60. The number of hydrogen-bond acceptors (Lipinski definition) is 4. The van der Waals surface area contributed by atoms with Gasteiger partial charge in [-0.1, -0.05) is 81.0 Å². The molecule has 0 aliphatic rings. The number of likely N-dealkylation sites (N-methyl/N-ethyl adjacent to an activating group) is 1. The molecular weight excluding hydrogens is 422 g/mol. The van der Waals surface area contributed by atoms with Crippen LogP contribution in [0.1, 0.15) is 39.7 Å². The molecule has 0 aliphatic heterocycles. The largest absolute Gasteiger partial charge is 0.445 e. The number of carbonyl (C=O) groups excluding carboxylic acids is 2. The second kappa shape index (κ2) is 11.6. The van der Waals surface area contributed by atoms with Crippen LogP contribution in [0.25, 0.3) is 0 Å². The molecule has 0 fully saturated rings. The highest BCUT2D eigenvalue weighted by Gasteiger charge is 2.34. The van der Waals surface area contributed by atoms with Gasteiger partial charge in [-0.3, -0.25) is 4.79 Å². The first-order chi connectivity index (χ1) is 15.2. The molecule has 0 heterocycles. The summed E-state index contributed by atoms with van der Waals surface area (Å²) in [5, 5.41) is 5.74. The number of benzene rings is 2. The predicted octanol–water partition coefficient (Wildman–Crippen LogP) is 4.69. The van der Waals surface area contributed by atoms with Gasteiger partial charge < -0.3 is 20.3 Å². The highest BCUT2D eigenvalue weighted by Crippen LogP contribution is 2.19. The van der Waals surface area contributed by atoms with Gasteiger partial charge in [0.05, 0.1) is 5.54 Å². The molecule has 2 aromatic carbocycles. The van der Waals surface area contributed by atoms with E-state index in [-0.39, 0.29) is 18.4 Å². The number of hydrogen-bond donors (Lipinski definition) is 2. The Balaban J connectivity index is 2.04. The van der Waals surface area contributed by atoms with E-state index in [0.29, 0.717) is 11.4 Å². The summed E-state index contributed by atoms with van der Waals surface area (Å²) >= 11 is 5.68. The fraction of sp³-hybridized carbons (Fsp3) is 0.400. The molecule has 0 saturated heterocycles. The molecule has 6 nitrogen and oxygen atoms in total. The first kappa shape index (κ1) is 25.3. The Kier molecular flexibility index (Phi) is 9.20. The van der Waals surface area contributed by atoms with E-state index in [1.807, 2.05) is 100 Å². The monoisotopic (exact) mass is 455 g/mol. The molecule has 0 saturated carbocycles. The quantitative estimate of drug-likeness (QED) is 0.537. The summed E-state index contributed by atoms with van der Waals surface area (Å²) < 4.78 is 5.31. The maximum atomic E-state index is 13.2. The van der Waals surface area contributed by atoms with Gasteiger partial charge in [-0.2, -0.15) is 0 Å². The Bertz CT molecular complexity index is 903. The number of nitrogens with zero attached hydrogens (tertiary/aromatic N) is 1. The SMILES string of the molecule is CCC(C)[C@H](NC(=O)OCc1ccccc1)C(=O)NC(C)(C)C(=S)N(C)c1ccccc1. The van der Waals surface area contributed by atoms with Crippen LogP contribution in [0.4, 0.5) is 10.5 Å². The molecule has 2 amide bonds. The van der Waals surface area contributed by atoms with Gasteiger partial charge >= 0.3 is 6.09 Å². The lowest BCUT2D eigenvalue weighted by atomic mass is 9.96. The molecule has 0 spiro atoms. The van der Waals surface area contributed by atoms with Crippen LogP contribution in [0, 0.1) is 5.92 Å². The van der Waals surface area contributed by atoms with Gasteiger partial charge in [-0.25, -0.2) is 4.79 Å². The molecule has 7 heteroatoms.